The lowest BCUT2D eigenvalue weighted by Crippen LogP contribution is -2.62. The van der Waals surface area contributed by atoms with Gasteiger partial charge in [0.25, 0.3) is 5.91 Å². The maximum absolute atomic E-state index is 13.9. The molecule has 0 bridgehead atoms. The first-order valence-corrected chi connectivity index (χ1v) is 14.5. The first-order valence-electron chi connectivity index (χ1n) is 11.7. The molecule has 1 aliphatic heterocycles. The van der Waals surface area contributed by atoms with Crippen LogP contribution in [0, 0.1) is 5.82 Å². The lowest BCUT2D eigenvalue weighted by Gasteiger charge is -2.49. The van der Waals surface area contributed by atoms with Gasteiger partial charge in [-0.05, 0) is 31.6 Å². The SMILES string of the molecule is CCCS(=O)(=O)N1CCN(C2(CNC(=O)c3c(OC)cc(F)cc3SC)CCCCC2)CC1.Cl. The highest BCUT2D eigenvalue weighted by Crippen LogP contribution is 2.35. The third kappa shape index (κ3) is 6.57. The number of piperazine rings is 1. The number of hydrogen-bond donors (Lipinski definition) is 1. The van der Waals surface area contributed by atoms with Crippen LogP contribution in [0.15, 0.2) is 17.0 Å². The van der Waals surface area contributed by atoms with Crippen molar-refractivity contribution in [3.63, 3.8) is 0 Å². The number of amides is 1. The van der Waals surface area contributed by atoms with Crippen LogP contribution in [0.2, 0.25) is 0 Å². The van der Waals surface area contributed by atoms with Gasteiger partial charge in [0.05, 0.1) is 18.4 Å². The molecule has 0 radical (unpaired) electrons. The third-order valence-electron chi connectivity index (χ3n) is 6.82. The van der Waals surface area contributed by atoms with Crippen molar-refractivity contribution >= 4 is 40.1 Å². The van der Waals surface area contributed by atoms with E-state index in [9.17, 15) is 17.6 Å². The standard InChI is InChI=1S/C23H36FN3O4S2.ClH/c1-4-14-33(29,30)27-12-10-26(11-13-27)23(8-6-5-7-9-23)17-25-22(28)21-19(31-2)15-18(24)16-20(21)32-3;/h15-16H,4-14,17H2,1-3H3,(H,25,28);1H. The number of ether oxygens (including phenoxy) is 1. The van der Waals surface area contributed by atoms with Gasteiger partial charge in [-0.2, -0.15) is 4.31 Å². The molecule has 0 unspecified atom stereocenters. The second-order valence-corrected chi connectivity index (χ2v) is 11.8. The number of halogens is 2. The molecular weight excluding hydrogens is 501 g/mol. The van der Waals surface area contributed by atoms with E-state index in [2.05, 4.69) is 10.2 Å². The molecule has 1 saturated carbocycles. The molecule has 1 heterocycles. The van der Waals surface area contributed by atoms with E-state index in [1.165, 1.54) is 37.4 Å². The van der Waals surface area contributed by atoms with Gasteiger partial charge in [0, 0.05) is 49.2 Å². The summed E-state index contributed by atoms with van der Waals surface area (Å²) in [6, 6.07) is 2.59. The van der Waals surface area contributed by atoms with Crippen molar-refractivity contribution in [1.29, 1.82) is 0 Å². The molecule has 1 aromatic rings. The summed E-state index contributed by atoms with van der Waals surface area (Å²) in [5, 5.41) is 3.11. The fourth-order valence-electron chi connectivity index (χ4n) is 5.08. The van der Waals surface area contributed by atoms with Crippen LogP contribution in [0.3, 0.4) is 0 Å². The summed E-state index contributed by atoms with van der Waals surface area (Å²) in [5.74, 6) is -0.298. The highest BCUT2D eigenvalue weighted by molar-refractivity contribution is 7.98. The van der Waals surface area contributed by atoms with Gasteiger partial charge >= 0.3 is 0 Å². The van der Waals surface area contributed by atoms with E-state index >= 15 is 0 Å². The fraction of sp³-hybridized carbons (Fsp3) is 0.696. The Morgan fingerprint density at radius 2 is 1.82 bits per heavy atom. The van der Waals surface area contributed by atoms with E-state index in [1.54, 1.807) is 10.6 Å². The summed E-state index contributed by atoms with van der Waals surface area (Å²) in [6.45, 7) is 4.65. The average molecular weight is 538 g/mol. The van der Waals surface area contributed by atoms with Crippen molar-refractivity contribution in [2.75, 3.05) is 51.8 Å². The van der Waals surface area contributed by atoms with Crippen LogP contribution in [0.1, 0.15) is 55.8 Å². The number of thioether (sulfide) groups is 1. The number of nitrogens with one attached hydrogen (secondary N) is 1. The van der Waals surface area contributed by atoms with Crippen molar-refractivity contribution in [1.82, 2.24) is 14.5 Å². The van der Waals surface area contributed by atoms with E-state index in [0.29, 0.717) is 49.6 Å². The zero-order chi connectivity index (χ0) is 24.1. The van der Waals surface area contributed by atoms with E-state index in [4.69, 9.17) is 4.74 Å². The lowest BCUT2D eigenvalue weighted by molar-refractivity contribution is 0.0239. The number of carbonyl (C=O) groups is 1. The van der Waals surface area contributed by atoms with Gasteiger partial charge in [0.1, 0.15) is 11.6 Å². The van der Waals surface area contributed by atoms with Gasteiger partial charge in [-0.25, -0.2) is 12.8 Å². The molecule has 1 N–H and O–H groups in total. The molecule has 34 heavy (non-hydrogen) atoms. The Kier molecular flexibility index (Phi) is 10.9. The topological polar surface area (TPSA) is 79.0 Å². The van der Waals surface area contributed by atoms with Crippen molar-refractivity contribution in [2.24, 2.45) is 0 Å². The van der Waals surface area contributed by atoms with Crippen molar-refractivity contribution in [3.8, 4) is 5.75 Å². The molecule has 0 atom stereocenters. The minimum absolute atomic E-state index is 0. The number of sulfonamides is 1. The quantitative estimate of drug-likeness (QED) is 0.483. The van der Waals surface area contributed by atoms with Crippen LogP contribution in [-0.2, 0) is 10.0 Å². The van der Waals surface area contributed by atoms with Crippen LogP contribution in [0.5, 0.6) is 5.75 Å². The summed E-state index contributed by atoms with van der Waals surface area (Å²) in [7, 11) is -1.76. The van der Waals surface area contributed by atoms with E-state index in [1.807, 2.05) is 6.92 Å². The second kappa shape index (κ2) is 12.8. The van der Waals surface area contributed by atoms with Crippen LogP contribution < -0.4 is 10.1 Å². The minimum Gasteiger partial charge on any atom is -0.496 e. The van der Waals surface area contributed by atoms with Crippen molar-refractivity contribution in [3.05, 3.63) is 23.5 Å². The van der Waals surface area contributed by atoms with E-state index < -0.39 is 15.8 Å². The zero-order valence-electron chi connectivity index (χ0n) is 20.3. The minimum atomic E-state index is -3.20. The Labute approximate surface area is 213 Å². The molecule has 2 aliphatic rings. The van der Waals surface area contributed by atoms with Gasteiger partial charge in [-0.1, -0.05) is 26.2 Å². The number of nitrogens with zero attached hydrogens (tertiary/aromatic N) is 2. The maximum atomic E-state index is 13.9. The zero-order valence-corrected chi connectivity index (χ0v) is 22.7. The third-order valence-corrected chi connectivity index (χ3v) is 9.66. The maximum Gasteiger partial charge on any atom is 0.256 e. The predicted molar refractivity (Wildman–Crippen MR) is 137 cm³/mol. The first-order chi connectivity index (χ1) is 15.8. The van der Waals surface area contributed by atoms with E-state index in [-0.39, 0.29) is 35.4 Å². The molecule has 2 fully saturated rings. The Morgan fingerprint density at radius 1 is 1.18 bits per heavy atom. The van der Waals surface area contributed by atoms with Crippen molar-refractivity contribution < 1.29 is 22.3 Å². The molecule has 11 heteroatoms. The Balaban J connectivity index is 0.00000408. The van der Waals surface area contributed by atoms with Crippen LogP contribution in [-0.4, -0.2) is 80.9 Å². The molecule has 0 aromatic heterocycles. The summed E-state index contributed by atoms with van der Waals surface area (Å²) in [6.07, 6.45) is 7.68. The molecule has 0 spiro atoms. The largest absolute Gasteiger partial charge is 0.496 e. The fourth-order valence-corrected chi connectivity index (χ4v) is 7.20. The molecule has 1 amide bonds. The number of methoxy groups -OCH3 is 1. The number of hydrogen-bond acceptors (Lipinski definition) is 6. The summed E-state index contributed by atoms with van der Waals surface area (Å²) in [4.78, 5) is 16.1. The second-order valence-electron chi connectivity index (χ2n) is 8.86. The van der Waals surface area contributed by atoms with E-state index in [0.717, 1.165) is 25.7 Å². The molecular formula is C23H37ClFN3O4S2. The van der Waals surface area contributed by atoms with Crippen molar-refractivity contribution in [2.45, 2.75) is 55.9 Å². The Hall–Kier alpha value is -1.07. The highest BCUT2D eigenvalue weighted by atomic mass is 35.5. The van der Waals surface area contributed by atoms with Gasteiger partial charge in [0.15, 0.2) is 0 Å². The van der Waals surface area contributed by atoms with Gasteiger partial charge < -0.3 is 10.1 Å². The monoisotopic (exact) mass is 537 g/mol. The summed E-state index contributed by atoms with van der Waals surface area (Å²) < 4.78 is 45.8. The summed E-state index contributed by atoms with van der Waals surface area (Å²) in [5.41, 5.74) is 0.161. The molecule has 1 aromatic carbocycles. The summed E-state index contributed by atoms with van der Waals surface area (Å²) >= 11 is 1.31. The number of benzene rings is 1. The molecule has 3 rings (SSSR count). The Morgan fingerprint density at radius 3 is 2.38 bits per heavy atom. The lowest BCUT2D eigenvalue weighted by atomic mass is 9.79. The van der Waals surface area contributed by atoms with Crippen LogP contribution in [0.4, 0.5) is 4.39 Å². The average Bonchev–Trinajstić information content (AvgIpc) is 2.82. The molecule has 1 saturated heterocycles. The normalized spacial score (nSPS) is 19.3. The molecule has 194 valence electrons. The van der Waals surface area contributed by atoms with Gasteiger partial charge in [0.2, 0.25) is 10.0 Å². The molecule has 1 aliphatic carbocycles. The number of rotatable bonds is 9. The van der Waals surface area contributed by atoms with Crippen LogP contribution in [0.25, 0.3) is 0 Å². The Bertz CT molecular complexity index is 909. The van der Waals surface area contributed by atoms with Crippen LogP contribution >= 0.6 is 24.2 Å². The highest BCUT2D eigenvalue weighted by Gasteiger charge is 2.41. The smallest absolute Gasteiger partial charge is 0.256 e. The first kappa shape index (κ1) is 29.2. The van der Waals surface area contributed by atoms with Gasteiger partial charge in [-0.3, -0.25) is 9.69 Å². The van der Waals surface area contributed by atoms with Gasteiger partial charge in [-0.15, -0.1) is 24.2 Å². The molecule has 7 nitrogen and oxygen atoms in total. The number of carbonyl (C=O) groups excluding carboxylic acids is 1. The predicted octanol–water partition coefficient (Wildman–Crippen LogP) is 3.77.